The van der Waals surface area contributed by atoms with Crippen LogP contribution in [0.5, 0.6) is 0 Å². The van der Waals surface area contributed by atoms with Gasteiger partial charge in [-0.1, -0.05) is 24.1 Å². The van der Waals surface area contributed by atoms with Crippen LogP contribution in [0.2, 0.25) is 5.02 Å². The number of rotatable bonds is 5. The first-order valence-electron chi connectivity index (χ1n) is 15.6. The first-order chi connectivity index (χ1) is 21.6. The van der Waals surface area contributed by atoms with Crippen molar-refractivity contribution < 1.29 is 14.3 Å². The number of nitrogens with one attached hydrogen (secondary N) is 2. The maximum Gasteiger partial charge on any atom is 0.254 e. The van der Waals surface area contributed by atoms with Crippen LogP contribution in [0, 0.1) is 5.92 Å². The Morgan fingerprint density at radius 2 is 1.91 bits per heavy atom. The monoisotopic (exact) mass is 610 g/mol. The SMILES string of the molecule is O=C1NCc2c(-c3cnc4cc(Cl)ccn34)ccc(Nc3ccc(N4CCC5(C=C(C6CCCCOCC6)O5)CC4)cn3)c21. The molecule has 1 atom stereocenters. The molecule has 1 spiro atoms. The Balaban J connectivity index is 0.946. The number of allylic oxidation sites excluding steroid dienone is 1. The smallest absolute Gasteiger partial charge is 0.254 e. The van der Waals surface area contributed by atoms with E-state index in [0.29, 0.717) is 28.9 Å². The van der Waals surface area contributed by atoms with Crippen LogP contribution >= 0.6 is 11.6 Å². The minimum Gasteiger partial charge on any atom is -0.487 e. The Labute approximate surface area is 261 Å². The molecular weight excluding hydrogens is 576 g/mol. The van der Waals surface area contributed by atoms with Gasteiger partial charge in [0.15, 0.2) is 0 Å². The highest BCUT2D eigenvalue weighted by atomic mass is 35.5. The highest BCUT2D eigenvalue weighted by Crippen LogP contribution is 2.44. The van der Waals surface area contributed by atoms with Crippen LogP contribution in [0.4, 0.5) is 17.2 Å². The fourth-order valence-corrected chi connectivity index (χ4v) is 7.22. The Hall–Kier alpha value is -4.08. The number of halogens is 1. The molecule has 0 aliphatic carbocycles. The van der Waals surface area contributed by atoms with E-state index in [1.165, 1.54) is 18.6 Å². The molecule has 4 aliphatic heterocycles. The zero-order chi connectivity index (χ0) is 29.7. The maximum atomic E-state index is 13.0. The zero-order valence-corrected chi connectivity index (χ0v) is 25.3. The van der Waals surface area contributed by atoms with Crippen LogP contribution in [0.25, 0.3) is 16.9 Å². The number of pyridine rings is 2. The van der Waals surface area contributed by atoms with Crippen LogP contribution in [-0.2, 0) is 16.0 Å². The second-order valence-electron chi connectivity index (χ2n) is 12.2. The normalized spacial score (nSPS) is 21.1. The molecule has 0 saturated carbocycles. The molecule has 3 aromatic heterocycles. The lowest BCUT2D eigenvalue weighted by molar-refractivity contribution is -0.0459. The molecule has 0 radical (unpaired) electrons. The molecule has 8 rings (SSSR count). The van der Waals surface area contributed by atoms with Gasteiger partial charge in [0.05, 0.1) is 35.0 Å². The minimum atomic E-state index is -0.104. The Morgan fingerprint density at radius 1 is 1.02 bits per heavy atom. The van der Waals surface area contributed by atoms with Crippen molar-refractivity contribution in [2.45, 2.75) is 50.7 Å². The molecule has 2 N–H and O–H groups in total. The average Bonchev–Trinajstić information content (AvgIpc) is 3.60. The van der Waals surface area contributed by atoms with Gasteiger partial charge in [-0.25, -0.2) is 9.97 Å². The molecule has 4 aromatic rings. The number of hydrogen-bond acceptors (Lipinski definition) is 7. The fraction of sp³-hybridized carbons (Fsp3) is 0.382. The Kier molecular flexibility index (Phi) is 6.95. The first kappa shape index (κ1) is 27.5. The summed E-state index contributed by atoms with van der Waals surface area (Å²) in [6, 6.07) is 11.7. The molecule has 10 heteroatoms. The molecule has 1 amide bonds. The number of hydrogen-bond donors (Lipinski definition) is 2. The van der Waals surface area contributed by atoms with E-state index in [0.717, 1.165) is 85.8 Å². The number of benzene rings is 1. The van der Waals surface area contributed by atoms with Crippen molar-refractivity contribution in [2.24, 2.45) is 5.92 Å². The molecule has 44 heavy (non-hydrogen) atoms. The molecule has 2 fully saturated rings. The lowest BCUT2D eigenvalue weighted by atomic mass is 9.82. The van der Waals surface area contributed by atoms with Gasteiger partial charge < -0.3 is 25.0 Å². The van der Waals surface area contributed by atoms with E-state index in [9.17, 15) is 4.79 Å². The van der Waals surface area contributed by atoms with Crippen molar-refractivity contribution in [1.82, 2.24) is 19.7 Å². The number of piperidine rings is 1. The summed E-state index contributed by atoms with van der Waals surface area (Å²) >= 11 is 6.16. The molecule has 1 unspecified atom stereocenters. The van der Waals surface area contributed by atoms with E-state index in [4.69, 9.17) is 26.1 Å². The van der Waals surface area contributed by atoms with Crippen LogP contribution in [-0.4, -0.2) is 52.2 Å². The quantitative estimate of drug-likeness (QED) is 0.267. The van der Waals surface area contributed by atoms with Gasteiger partial charge >= 0.3 is 0 Å². The van der Waals surface area contributed by atoms with E-state index in [1.807, 2.05) is 53.3 Å². The number of ether oxygens (including phenoxy) is 2. The molecule has 7 heterocycles. The Morgan fingerprint density at radius 3 is 2.75 bits per heavy atom. The number of anilines is 3. The summed E-state index contributed by atoms with van der Waals surface area (Å²) in [4.78, 5) is 24.6. The third kappa shape index (κ3) is 4.98. The van der Waals surface area contributed by atoms with Crippen molar-refractivity contribution in [3.63, 3.8) is 0 Å². The summed E-state index contributed by atoms with van der Waals surface area (Å²) in [6.07, 6.45) is 14.6. The van der Waals surface area contributed by atoms with Crippen molar-refractivity contribution in [3.05, 3.63) is 83.0 Å². The third-order valence-electron chi connectivity index (χ3n) is 9.53. The Bertz CT molecular complexity index is 1750. The lowest BCUT2D eigenvalue weighted by Gasteiger charge is -2.48. The fourth-order valence-electron chi connectivity index (χ4n) is 7.07. The predicted molar refractivity (Wildman–Crippen MR) is 170 cm³/mol. The molecular formula is C34H35ClN6O3. The number of carbonyl (C=O) groups excluding carboxylic acids is 1. The number of fused-ring (bicyclic) bond motifs is 2. The lowest BCUT2D eigenvalue weighted by Crippen LogP contribution is -2.50. The topological polar surface area (TPSA) is 93.0 Å². The summed E-state index contributed by atoms with van der Waals surface area (Å²) in [7, 11) is 0. The van der Waals surface area contributed by atoms with Crippen LogP contribution in [0.3, 0.4) is 0 Å². The van der Waals surface area contributed by atoms with E-state index in [1.54, 1.807) is 0 Å². The van der Waals surface area contributed by atoms with Gasteiger partial charge in [0.25, 0.3) is 5.91 Å². The van der Waals surface area contributed by atoms with Crippen molar-refractivity contribution in [2.75, 3.05) is 36.5 Å². The number of carbonyl (C=O) groups is 1. The van der Waals surface area contributed by atoms with Gasteiger partial charge in [-0.15, -0.1) is 0 Å². The molecule has 226 valence electrons. The van der Waals surface area contributed by atoms with E-state index >= 15 is 0 Å². The summed E-state index contributed by atoms with van der Waals surface area (Å²) in [5, 5.41) is 7.01. The van der Waals surface area contributed by atoms with Crippen molar-refractivity contribution in [3.8, 4) is 11.3 Å². The predicted octanol–water partition coefficient (Wildman–Crippen LogP) is 6.50. The van der Waals surface area contributed by atoms with E-state index < -0.39 is 0 Å². The standard InChI is InChI=1S/C34H35ClN6O3/c35-23-8-12-41-28(21-37-31(41)17-23)25-5-6-27(32-26(25)20-38-33(32)42)39-30-7-4-24(19-36-30)40-13-10-34(11-14-40)18-29(44-34)22-3-1-2-15-43-16-9-22/h4-8,12,17-19,21-22H,1-3,9-11,13-16,20H2,(H,36,39)(H,38,42). The summed E-state index contributed by atoms with van der Waals surface area (Å²) in [6.45, 7) is 4.04. The first-order valence-corrected chi connectivity index (χ1v) is 16.0. The van der Waals surface area contributed by atoms with Gasteiger partial charge in [-0.3, -0.25) is 9.20 Å². The summed E-state index contributed by atoms with van der Waals surface area (Å²) in [5.74, 6) is 2.30. The number of imidazole rings is 1. The molecule has 2 saturated heterocycles. The van der Waals surface area contributed by atoms with Gasteiger partial charge in [-0.2, -0.15) is 0 Å². The summed E-state index contributed by atoms with van der Waals surface area (Å²) < 4.78 is 14.2. The van der Waals surface area contributed by atoms with Gasteiger partial charge in [0, 0.05) is 74.5 Å². The van der Waals surface area contributed by atoms with Gasteiger partial charge in [0.2, 0.25) is 0 Å². The maximum absolute atomic E-state index is 13.0. The molecule has 0 bridgehead atoms. The highest BCUT2D eigenvalue weighted by Gasteiger charge is 2.43. The number of amides is 1. The number of nitrogens with zero attached hydrogens (tertiary/aromatic N) is 4. The minimum absolute atomic E-state index is 0.0987. The van der Waals surface area contributed by atoms with Crippen LogP contribution in [0.1, 0.15) is 54.4 Å². The second kappa shape index (κ2) is 11.1. The molecule has 4 aliphatic rings. The number of aromatic nitrogens is 3. The second-order valence-corrected chi connectivity index (χ2v) is 12.7. The van der Waals surface area contributed by atoms with Crippen molar-refractivity contribution in [1.29, 1.82) is 0 Å². The van der Waals surface area contributed by atoms with Gasteiger partial charge in [-0.05, 0) is 55.2 Å². The average molecular weight is 611 g/mol. The van der Waals surface area contributed by atoms with E-state index in [2.05, 4.69) is 32.7 Å². The summed E-state index contributed by atoms with van der Waals surface area (Å²) in [5.41, 5.74) is 5.93. The largest absolute Gasteiger partial charge is 0.487 e. The van der Waals surface area contributed by atoms with E-state index in [-0.39, 0.29) is 11.5 Å². The third-order valence-corrected chi connectivity index (χ3v) is 9.77. The highest BCUT2D eigenvalue weighted by molar-refractivity contribution is 6.30. The van der Waals surface area contributed by atoms with Crippen LogP contribution < -0.4 is 15.5 Å². The van der Waals surface area contributed by atoms with Crippen LogP contribution in [0.15, 0.2) is 66.8 Å². The molecule has 1 aromatic carbocycles. The zero-order valence-electron chi connectivity index (χ0n) is 24.5. The van der Waals surface area contributed by atoms with Crippen molar-refractivity contribution >= 4 is 40.3 Å². The molecule has 9 nitrogen and oxygen atoms in total. The van der Waals surface area contributed by atoms with Gasteiger partial charge in [0.1, 0.15) is 22.8 Å².